The van der Waals surface area contributed by atoms with Gasteiger partial charge in [0.25, 0.3) is 10.0 Å². The fourth-order valence-corrected chi connectivity index (χ4v) is 4.72. The molecule has 3 N–H and O–H groups in total. The standard InChI is InChI=1S/C20H19FN6O3S2/c21-16-8-2-1-7-15(16)19-24-20(26-25-19)31-12-18(28)23-13-5-3-6-14(11-13)32(29,30)27-17-9-4-10-22-17/h1-3,5-8,11H,4,9-10,12H2,(H,22,27)(H,23,28)(H,24,25,26). The van der Waals surface area contributed by atoms with Gasteiger partial charge in [-0.3, -0.25) is 19.6 Å². The number of aliphatic imine (C=N–C) groups is 1. The summed E-state index contributed by atoms with van der Waals surface area (Å²) >= 11 is 1.07. The largest absolute Gasteiger partial charge is 0.325 e. The average Bonchev–Trinajstić information content (AvgIpc) is 3.45. The lowest BCUT2D eigenvalue weighted by atomic mass is 10.2. The molecule has 1 amide bonds. The molecule has 0 saturated heterocycles. The van der Waals surface area contributed by atoms with Crippen LogP contribution in [0.5, 0.6) is 0 Å². The van der Waals surface area contributed by atoms with Crippen LogP contribution in [0.15, 0.2) is 63.6 Å². The topological polar surface area (TPSA) is 129 Å². The maximum absolute atomic E-state index is 13.9. The van der Waals surface area contributed by atoms with Gasteiger partial charge in [0.2, 0.25) is 11.1 Å². The maximum Gasteiger partial charge on any atom is 0.262 e. The number of hydrogen-bond acceptors (Lipinski definition) is 7. The molecule has 0 saturated carbocycles. The third-order valence-corrected chi connectivity index (χ3v) is 6.71. The highest BCUT2D eigenvalue weighted by Gasteiger charge is 2.19. The average molecular weight is 475 g/mol. The first-order valence-electron chi connectivity index (χ1n) is 9.67. The first-order valence-corrected chi connectivity index (χ1v) is 12.1. The molecule has 2 aromatic carbocycles. The number of hydrogen-bond donors (Lipinski definition) is 3. The van der Waals surface area contributed by atoms with Crippen molar-refractivity contribution in [2.75, 3.05) is 17.6 Å². The Balaban J connectivity index is 1.36. The third kappa shape index (κ3) is 5.32. The second-order valence-electron chi connectivity index (χ2n) is 6.85. The van der Waals surface area contributed by atoms with Gasteiger partial charge in [0.15, 0.2) is 5.82 Å². The molecule has 2 heterocycles. The van der Waals surface area contributed by atoms with E-state index < -0.39 is 15.8 Å². The summed E-state index contributed by atoms with van der Waals surface area (Å²) in [7, 11) is -3.78. The highest BCUT2D eigenvalue weighted by atomic mass is 32.2. The Hall–Kier alpha value is -3.25. The molecular formula is C20H19FN6O3S2. The van der Waals surface area contributed by atoms with Gasteiger partial charge in [0.05, 0.1) is 16.2 Å². The van der Waals surface area contributed by atoms with Crippen LogP contribution in [-0.2, 0) is 14.8 Å². The van der Waals surface area contributed by atoms with Gasteiger partial charge in [-0.15, -0.1) is 5.10 Å². The fraction of sp³-hybridized carbons (Fsp3) is 0.200. The number of aromatic nitrogens is 3. The Labute approximate surface area is 188 Å². The van der Waals surface area contributed by atoms with Crippen LogP contribution in [0.1, 0.15) is 12.8 Å². The summed E-state index contributed by atoms with van der Waals surface area (Å²) in [5.41, 5.74) is 0.625. The van der Waals surface area contributed by atoms with E-state index in [1.165, 1.54) is 18.2 Å². The molecule has 12 heteroatoms. The van der Waals surface area contributed by atoms with E-state index in [0.29, 0.717) is 24.5 Å². The molecule has 9 nitrogen and oxygen atoms in total. The Bertz CT molecular complexity index is 1280. The third-order valence-electron chi connectivity index (χ3n) is 4.48. The molecule has 0 unspecified atom stereocenters. The number of carbonyl (C=O) groups excluding carboxylic acids is 1. The second-order valence-corrected chi connectivity index (χ2v) is 9.47. The Morgan fingerprint density at radius 2 is 2.03 bits per heavy atom. The van der Waals surface area contributed by atoms with Gasteiger partial charge >= 0.3 is 0 Å². The van der Waals surface area contributed by atoms with Gasteiger partial charge in [-0.2, -0.15) is 0 Å². The van der Waals surface area contributed by atoms with Crippen LogP contribution in [0, 0.1) is 5.82 Å². The quantitative estimate of drug-likeness (QED) is 0.452. The number of H-pyrrole nitrogens is 1. The monoisotopic (exact) mass is 474 g/mol. The van der Waals surface area contributed by atoms with E-state index in [9.17, 15) is 17.6 Å². The zero-order chi connectivity index (χ0) is 22.6. The van der Waals surface area contributed by atoms with E-state index in [2.05, 4.69) is 30.2 Å². The van der Waals surface area contributed by atoms with Crippen molar-refractivity contribution in [3.8, 4) is 11.4 Å². The summed E-state index contributed by atoms with van der Waals surface area (Å²) in [5.74, 6) is -0.0989. The minimum absolute atomic E-state index is 0.0133. The summed E-state index contributed by atoms with van der Waals surface area (Å²) in [6.07, 6.45) is 1.41. The molecule has 166 valence electrons. The van der Waals surface area contributed by atoms with Gasteiger partial charge in [-0.25, -0.2) is 17.8 Å². The van der Waals surface area contributed by atoms with E-state index in [-0.39, 0.29) is 33.1 Å². The molecule has 0 bridgehead atoms. The molecule has 1 aromatic heterocycles. The van der Waals surface area contributed by atoms with Gasteiger partial charge in [0.1, 0.15) is 11.7 Å². The van der Waals surface area contributed by atoms with Crippen molar-refractivity contribution >= 4 is 39.2 Å². The van der Waals surface area contributed by atoms with Crippen molar-refractivity contribution in [1.29, 1.82) is 0 Å². The van der Waals surface area contributed by atoms with Crippen LogP contribution in [0.25, 0.3) is 11.4 Å². The van der Waals surface area contributed by atoms with Gasteiger partial charge in [-0.05, 0) is 36.8 Å². The lowest BCUT2D eigenvalue weighted by molar-refractivity contribution is -0.113. The molecule has 4 rings (SSSR count). The number of rotatable bonds is 7. The molecule has 1 aliphatic rings. The van der Waals surface area contributed by atoms with Crippen molar-refractivity contribution in [1.82, 2.24) is 19.9 Å². The normalized spacial score (nSPS) is 13.6. The van der Waals surface area contributed by atoms with Gasteiger partial charge in [-0.1, -0.05) is 30.0 Å². The van der Waals surface area contributed by atoms with Crippen LogP contribution in [-0.4, -0.2) is 47.6 Å². The molecule has 0 atom stereocenters. The fourth-order valence-electron chi connectivity index (χ4n) is 2.99. The van der Waals surface area contributed by atoms with Crippen LogP contribution in [0.4, 0.5) is 10.1 Å². The molecule has 3 aromatic rings. The molecule has 0 aliphatic carbocycles. The maximum atomic E-state index is 13.9. The number of thioether (sulfide) groups is 1. The second kappa shape index (κ2) is 9.49. The van der Waals surface area contributed by atoms with Crippen molar-refractivity contribution in [2.45, 2.75) is 22.9 Å². The molecular weight excluding hydrogens is 455 g/mol. The lowest BCUT2D eigenvalue weighted by Crippen LogP contribution is -2.29. The number of amides is 1. The van der Waals surface area contributed by atoms with Crippen molar-refractivity contribution in [2.24, 2.45) is 4.99 Å². The number of aromatic amines is 1. The summed E-state index contributed by atoms with van der Waals surface area (Å²) < 4.78 is 41.4. The lowest BCUT2D eigenvalue weighted by Gasteiger charge is -2.10. The van der Waals surface area contributed by atoms with Crippen molar-refractivity contribution in [3.63, 3.8) is 0 Å². The first kappa shape index (κ1) is 22.0. The molecule has 0 fully saturated rings. The molecule has 1 aliphatic heterocycles. The van der Waals surface area contributed by atoms with Crippen molar-refractivity contribution in [3.05, 3.63) is 54.3 Å². The predicted octanol–water partition coefficient (Wildman–Crippen LogP) is 2.81. The minimum atomic E-state index is -3.78. The van der Waals surface area contributed by atoms with Crippen LogP contribution in [0.3, 0.4) is 0 Å². The van der Waals surface area contributed by atoms with Crippen LogP contribution >= 0.6 is 11.8 Å². The number of halogens is 1. The highest BCUT2D eigenvalue weighted by molar-refractivity contribution is 7.99. The SMILES string of the molecule is O=C(CSc1n[nH]c(-c2ccccc2F)n1)Nc1cccc(S(=O)(=O)NC2=NCCC2)c1. The molecule has 32 heavy (non-hydrogen) atoms. The van der Waals surface area contributed by atoms with Crippen LogP contribution < -0.4 is 10.0 Å². The van der Waals surface area contributed by atoms with E-state index in [4.69, 9.17) is 0 Å². The van der Waals surface area contributed by atoms with E-state index in [1.54, 1.807) is 30.3 Å². The summed E-state index contributed by atoms with van der Waals surface area (Å²) in [6, 6.07) is 12.1. The predicted molar refractivity (Wildman–Crippen MR) is 119 cm³/mol. The Morgan fingerprint density at radius 1 is 1.19 bits per heavy atom. The zero-order valence-electron chi connectivity index (χ0n) is 16.7. The number of carbonyl (C=O) groups is 1. The molecule has 0 spiro atoms. The Kier molecular flexibility index (Phi) is 6.51. The number of nitrogens with zero attached hydrogens (tertiary/aromatic N) is 3. The van der Waals surface area contributed by atoms with E-state index in [1.807, 2.05) is 0 Å². The van der Waals surface area contributed by atoms with Crippen LogP contribution in [0.2, 0.25) is 0 Å². The summed E-state index contributed by atoms with van der Waals surface area (Å²) in [5, 5.41) is 9.59. The van der Waals surface area contributed by atoms with Gasteiger partial charge in [0, 0.05) is 18.7 Å². The zero-order valence-corrected chi connectivity index (χ0v) is 18.3. The summed E-state index contributed by atoms with van der Waals surface area (Å²) in [6.45, 7) is 0.609. The summed E-state index contributed by atoms with van der Waals surface area (Å²) in [4.78, 5) is 20.7. The number of benzene rings is 2. The van der Waals surface area contributed by atoms with E-state index >= 15 is 0 Å². The van der Waals surface area contributed by atoms with Crippen molar-refractivity contribution < 1.29 is 17.6 Å². The Morgan fingerprint density at radius 3 is 2.81 bits per heavy atom. The van der Waals surface area contributed by atoms with Gasteiger partial charge < -0.3 is 5.32 Å². The highest BCUT2D eigenvalue weighted by Crippen LogP contribution is 2.22. The number of anilines is 1. The van der Waals surface area contributed by atoms with E-state index in [0.717, 1.165) is 18.2 Å². The smallest absolute Gasteiger partial charge is 0.262 e. The first-order chi connectivity index (χ1) is 15.4. The number of sulfonamides is 1. The number of nitrogens with one attached hydrogen (secondary N) is 3. The minimum Gasteiger partial charge on any atom is -0.325 e. The molecule has 0 radical (unpaired) electrons. The number of amidine groups is 1.